The van der Waals surface area contributed by atoms with Crippen molar-refractivity contribution in [1.29, 1.82) is 0 Å². The Labute approximate surface area is 78.0 Å². The van der Waals surface area contributed by atoms with Crippen molar-refractivity contribution in [3.05, 3.63) is 0 Å². The van der Waals surface area contributed by atoms with Gasteiger partial charge in [0.15, 0.2) is 0 Å². The first-order valence-corrected chi connectivity index (χ1v) is 4.98. The Balaban J connectivity index is 1.74. The van der Waals surface area contributed by atoms with Gasteiger partial charge in [-0.1, -0.05) is 6.42 Å². The van der Waals surface area contributed by atoms with Gasteiger partial charge in [-0.2, -0.15) is 0 Å². The monoisotopic (exact) mass is 184 g/mol. The zero-order chi connectivity index (χ0) is 9.10. The predicted molar refractivity (Wildman–Crippen MR) is 48.4 cm³/mol. The van der Waals surface area contributed by atoms with Gasteiger partial charge in [0, 0.05) is 0 Å². The molecular formula is C9H16N2O2. The van der Waals surface area contributed by atoms with E-state index in [1.54, 1.807) is 0 Å². The van der Waals surface area contributed by atoms with E-state index in [0.29, 0.717) is 13.2 Å². The predicted octanol–water partition coefficient (Wildman–Crippen LogP) is -0.357. The first kappa shape index (κ1) is 8.97. The Hall–Kier alpha value is -0.610. The van der Waals surface area contributed by atoms with Crippen LogP contribution >= 0.6 is 0 Å². The van der Waals surface area contributed by atoms with Gasteiger partial charge in [-0.25, -0.2) is 0 Å². The van der Waals surface area contributed by atoms with Crippen molar-refractivity contribution in [1.82, 2.24) is 10.6 Å². The van der Waals surface area contributed by atoms with Crippen LogP contribution in [0.4, 0.5) is 0 Å². The Kier molecular flexibility index (Phi) is 2.80. The van der Waals surface area contributed by atoms with Crippen LogP contribution < -0.4 is 10.6 Å². The lowest BCUT2D eigenvalue weighted by Crippen LogP contribution is -2.55. The standard InChI is InChI=1S/C9H16N2O2/c12-9(11-7-5-13-6-7)8-3-1-2-4-10-8/h7-8,10H,1-6H2,(H,11,12). The minimum absolute atomic E-state index is 0.0364. The van der Waals surface area contributed by atoms with E-state index >= 15 is 0 Å². The van der Waals surface area contributed by atoms with Crippen molar-refractivity contribution >= 4 is 5.91 Å². The molecule has 0 aromatic rings. The molecule has 0 saturated carbocycles. The van der Waals surface area contributed by atoms with E-state index in [1.807, 2.05) is 0 Å². The summed E-state index contributed by atoms with van der Waals surface area (Å²) in [5.41, 5.74) is 0. The van der Waals surface area contributed by atoms with Crippen LogP contribution in [-0.4, -0.2) is 37.7 Å². The SMILES string of the molecule is O=C(NC1COC1)C1CCCCN1. The molecule has 0 aliphatic carbocycles. The molecule has 1 atom stereocenters. The van der Waals surface area contributed by atoms with Crippen LogP contribution in [0, 0.1) is 0 Å². The highest BCUT2D eigenvalue weighted by molar-refractivity contribution is 5.82. The highest BCUT2D eigenvalue weighted by atomic mass is 16.5. The van der Waals surface area contributed by atoms with Crippen LogP contribution in [0.2, 0.25) is 0 Å². The van der Waals surface area contributed by atoms with Crippen molar-refractivity contribution in [2.75, 3.05) is 19.8 Å². The second-order valence-corrected chi connectivity index (χ2v) is 3.75. The summed E-state index contributed by atoms with van der Waals surface area (Å²) in [7, 11) is 0. The maximum Gasteiger partial charge on any atom is 0.237 e. The molecule has 0 spiro atoms. The van der Waals surface area contributed by atoms with E-state index in [0.717, 1.165) is 19.4 Å². The molecule has 1 unspecified atom stereocenters. The fourth-order valence-corrected chi connectivity index (χ4v) is 1.70. The van der Waals surface area contributed by atoms with Crippen LogP contribution in [0.25, 0.3) is 0 Å². The van der Waals surface area contributed by atoms with Crippen molar-refractivity contribution in [3.63, 3.8) is 0 Å². The number of ether oxygens (including phenoxy) is 1. The minimum Gasteiger partial charge on any atom is -0.377 e. The average molecular weight is 184 g/mol. The van der Waals surface area contributed by atoms with Crippen LogP contribution in [0.3, 0.4) is 0 Å². The van der Waals surface area contributed by atoms with Gasteiger partial charge in [0.25, 0.3) is 0 Å². The molecule has 13 heavy (non-hydrogen) atoms. The molecule has 2 heterocycles. The first-order chi connectivity index (χ1) is 6.36. The lowest BCUT2D eigenvalue weighted by molar-refractivity contribution is -0.127. The van der Waals surface area contributed by atoms with Crippen molar-refractivity contribution in [2.24, 2.45) is 0 Å². The summed E-state index contributed by atoms with van der Waals surface area (Å²) in [6.45, 7) is 2.33. The molecule has 0 radical (unpaired) electrons. The molecule has 74 valence electrons. The van der Waals surface area contributed by atoms with Crippen LogP contribution in [-0.2, 0) is 9.53 Å². The van der Waals surface area contributed by atoms with Crippen molar-refractivity contribution in [3.8, 4) is 0 Å². The number of carbonyl (C=O) groups excluding carboxylic acids is 1. The summed E-state index contributed by atoms with van der Waals surface area (Å²) in [6.07, 6.45) is 3.32. The highest BCUT2D eigenvalue weighted by Crippen LogP contribution is 2.08. The Morgan fingerprint density at radius 3 is 2.77 bits per heavy atom. The third kappa shape index (κ3) is 2.19. The second kappa shape index (κ2) is 4.07. The summed E-state index contributed by atoms with van der Waals surface area (Å²) < 4.78 is 4.99. The molecule has 2 aliphatic rings. The first-order valence-electron chi connectivity index (χ1n) is 4.98. The quantitative estimate of drug-likeness (QED) is 0.616. The van der Waals surface area contributed by atoms with Crippen LogP contribution in [0.15, 0.2) is 0 Å². The smallest absolute Gasteiger partial charge is 0.237 e. The number of piperidine rings is 1. The average Bonchev–Trinajstić information content (AvgIpc) is 2.12. The third-order valence-electron chi connectivity index (χ3n) is 2.61. The maximum atomic E-state index is 11.6. The highest BCUT2D eigenvalue weighted by Gasteiger charge is 2.25. The van der Waals surface area contributed by atoms with E-state index in [9.17, 15) is 4.79 Å². The van der Waals surface area contributed by atoms with Gasteiger partial charge in [0.2, 0.25) is 5.91 Å². The Morgan fingerprint density at radius 2 is 2.23 bits per heavy atom. The lowest BCUT2D eigenvalue weighted by Gasteiger charge is -2.30. The van der Waals surface area contributed by atoms with E-state index in [1.165, 1.54) is 6.42 Å². The van der Waals surface area contributed by atoms with Gasteiger partial charge >= 0.3 is 0 Å². The molecule has 4 nitrogen and oxygen atoms in total. The summed E-state index contributed by atoms with van der Waals surface area (Å²) >= 11 is 0. The summed E-state index contributed by atoms with van der Waals surface area (Å²) in [4.78, 5) is 11.6. The minimum atomic E-state index is 0.0364. The summed E-state index contributed by atoms with van der Waals surface area (Å²) in [6, 6.07) is 0.297. The fraction of sp³-hybridized carbons (Fsp3) is 0.889. The molecule has 2 N–H and O–H groups in total. The number of amides is 1. The van der Waals surface area contributed by atoms with E-state index in [-0.39, 0.29) is 18.0 Å². The molecule has 0 aromatic carbocycles. The number of rotatable bonds is 2. The van der Waals surface area contributed by atoms with Crippen molar-refractivity contribution in [2.45, 2.75) is 31.3 Å². The Bertz CT molecular complexity index is 186. The van der Waals surface area contributed by atoms with Crippen LogP contribution in [0.1, 0.15) is 19.3 Å². The Morgan fingerprint density at radius 1 is 1.38 bits per heavy atom. The summed E-state index contributed by atoms with van der Waals surface area (Å²) in [5.74, 6) is 0.146. The number of carbonyl (C=O) groups is 1. The molecule has 4 heteroatoms. The van der Waals surface area contributed by atoms with Crippen molar-refractivity contribution < 1.29 is 9.53 Å². The van der Waals surface area contributed by atoms with Gasteiger partial charge in [0.05, 0.1) is 25.3 Å². The van der Waals surface area contributed by atoms with Gasteiger partial charge in [0.1, 0.15) is 0 Å². The normalized spacial score (nSPS) is 29.4. The third-order valence-corrected chi connectivity index (χ3v) is 2.61. The number of hydrogen-bond acceptors (Lipinski definition) is 3. The molecule has 2 rings (SSSR count). The molecule has 2 fully saturated rings. The second-order valence-electron chi connectivity index (χ2n) is 3.75. The topological polar surface area (TPSA) is 50.4 Å². The molecule has 0 aromatic heterocycles. The fourth-order valence-electron chi connectivity index (χ4n) is 1.70. The zero-order valence-electron chi connectivity index (χ0n) is 7.71. The zero-order valence-corrected chi connectivity index (χ0v) is 7.71. The molecule has 2 saturated heterocycles. The maximum absolute atomic E-state index is 11.6. The number of hydrogen-bond donors (Lipinski definition) is 2. The molecule has 2 aliphatic heterocycles. The van der Waals surface area contributed by atoms with Gasteiger partial charge in [-0.05, 0) is 19.4 Å². The van der Waals surface area contributed by atoms with E-state index in [2.05, 4.69) is 10.6 Å². The van der Waals surface area contributed by atoms with Crippen LogP contribution in [0.5, 0.6) is 0 Å². The molecule has 0 bridgehead atoms. The molecule has 1 amide bonds. The largest absolute Gasteiger partial charge is 0.377 e. The van der Waals surface area contributed by atoms with Gasteiger partial charge in [-0.15, -0.1) is 0 Å². The van der Waals surface area contributed by atoms with E-state index < -0.39 is 0 Å². The lowest BCUT2D eigenvalue weighted by atomic mass is 10.0. The van der Waals surface area contributed by atoms with E-state index in [4.69, 9.17) is 4.74 Å². The summed E-state index contributed by atoms with van der Waals surface area (Å²) in [5, 5.41) is 6.18. The van der Waals surface area contributed by atoms with Gasteiger partial charge < -0.3 is 15.4 Å². The number of nitrogens with one attached hydrogen (secondary N) is 2. The molecular weight excluding hydrogens is 168 g/mol. The van der Waals surface area contributed by atoms with Gasteiger partial charge in [-0.3, -0.25) is 4.79 Å².